The topological polar surface area (TPSA) is 78.7 Å². The molecule has 1 atom stereocenters. The van der Waals surface area contributed by atoms with Crippen LogP contribution < -0.4 is 11.3 Å². The van der Waals surface area contributed by atoms with Gasteiger partial charge in [-0.05, 0) is 47.0 Å². The smallest absolute Gasteiger partial charge is 0.251 e. The second-order valence-corrected chi connectivity index (χ2v) is 9.16. The molecular formula is C26H21Cl2N5O. The first kappa shape index (κ1) is 22.3. The van der Waals surface area contributed by atoms with E-state index in [1.165, 1.54) is 0 Å². The number of hydrogen-bond donors (Lipinski definition) is 1. The molecule has 2 N–H and O–H groups in total. The fourth-order valence-electron chi connectivity index (χ4n) is 4.42. The van der Waals surface area contributed by atoms with E-state index >= 15 is 0 Å². The summed E-state index contributed by atoms with van der Waals surface area (Å²) >= 11 is 12.4. The van der Waals surface area contributed by atoms with E-state index in [1.54, 1.807) is 48.7 Å². The van der Waals surface area contributed by atoms with E-state index in [0.717, 1.165) is 38.9 Å². The molecular weight excluding hydrogens is 469 g/mol. The van der Waals surface area contributed by atoms with Gasteiger partial charge in [-0.1, -0.05) is 41.4 Å². The number of halogens is 2. The Morgan fingerprint density at radius 1 is 0.853 bits per heavy atom. The average Bonchev–Trinajstić information content (AvgIpc) is 3.27. The number of aromatic nitrogens is 4. The summed E-state index contributed by atoms with van der Waals surface area (Å²) in [6.45, 7) is 0. The van der Waals surface area contributed by atoms with E-state index in [1.807, 2.05) is 54.1 Å². The molecule has 3 aromatic heterocycles. The van der Waals surface area contributed by atoms with Gasteiger partial charge in [-0.3, -0.25) is 9.78 Å². The summed E-state index contributed by atoms with van der Waals surface area (Å²) < 4.78 is 3.52. The van der Waals surface area contributed by atoms with Crippen LogP contribution in [0.1, 0.15) is 16.8 Å². The molecule has 0 bridgehead atoms. The number of pyridine rings is 2. The maximum absolute atomic E-state index is 12.7. The third-order valence-corrected chi connectivity index (χ3v) is 6.70. The maximum atomic E-state index is 12.7. The quantitative estimate of drug-likeness (QED) is 0.389. The Morgan fingerprint density at radius 3 is 2.26 bits per heavy atom. The Balaban J connectivity index is 1.84. The third kappa shape index (κ3) is 3.60. The van der Waals surface area contributed by atoms with Gasteiger partial charge < -0.3 is 14.9 Å². The van der Waals surface area contributed by atoms with Crippen molar-refractivity contribution in [3.63, 3.8) is 0 Å². The first-order valence-corrected chi connectivity index (χ1v) is 11.3. The van der Waals surface area contributed by atoms with E-state index in [2.05, 4.69) is 9.97 Å². The van der Waals surface area contributed by atoms with Crippen molar-refractivity contribution < 1.29 is 0 Å². The summed E-state index contributed by atoms with van der Waals surface area (Å²) in [5, 5.41) is 1.97. The second kappa shape index (κ2) is 8.40. The zero-order valence-electron chi connectivity index (χ0n) is 18.5. The number of hydrogen-bond acceptors (Lipinski definition) is 4. The van der Waals surface area contributed by atoms with Gasteiger partial charge in [0.2, 0.25) is 0 Å². The predicted molar refractivity (Wildman–Crippen MR) is 136 cm³/mol. The van der Waals surface area contributed by atoms with Crippen LogP contribution in [0.2, 0.25) is 10.0 Å². The Morgan fingerprint density at radius 2 is 1.59 bits per heavy atom. The van der Waals surface area contributed by atoms with Gasteiger partial charge in [-0.2, -0.15) is 0 Å². The van der Waals surface area contributed by atoms with Crippen LogP contribution >= 0.6 is 23.2 Å². The molecule has 1 unspecified atom stereocenters. The summed E-state index contributed by atoms with van der Waals surface area (Å²) in [7, 11) is 3.66. The fraction of sp³-hybridized carbons (Fsp3) is 0.115. The molecule has 0 aliphatic heterocycles. The Kier molecular flexibility index (Phi) is 5.52. The zero-order valence-corrected chi connectivity index (χ0v) is 20.0. The number of nitrogens with two attached hydrogens (primary N) is 1. The second-order valence-electron chi connectivity index (χ2n) is 8.28. The predicted octanol–water partition coefficient (Wildman–Crippen LogP) is 4.89. The first-order chi connectivity index (χ1) is 16.3. The van der Waals surface area contributed by atoms with Crippen LogP contribution in [0.3, 0.4) is 0 Å². The monoisotopic (exact) mass is 489 g/mol. The number of aryl methyl sites for hydroxylation is 2. The lowest BCUT2D eigenvalue weighted by Crippen LogP contribution is -2.41. The standard InChI is InChI=1S/C26H21Cl2N5O/c1-32-15-31-14-24(32)26(29,17-3-6-19(27)7-4-17)18-5-8-23-22(10-18)21(11-25(34)33(23)2)16-9-20(28)13-30-12-16/h3-15H,29H2,1-2H3. The summed E-state index contributed by atoms with van der Waals surface area (Å²) in [4.78, 5) is 21.3. The highest BCUT2D eigenvalue weighted by Gasteiger charge is 2.35. The minimum atomic E-state index is -1.03. The van der Waals surface area contributed by atoms with E-state index in [-0.39, 0.29) is 5.56 Å². The molecule has 34 heavy (non-hydrogen) atoms. The molecule has 3 heterocycles. The molecule has 0 saturated heterocycles. The molecule has 0 fully saturated rings. The summed E-state index contributed by atoms with van der Waals surface area (Å²) in [5.41, 5.74) is 10.8. The highest BCUT2D eigenvalue weighted by atomic mass is 35.5. The molecule has 0 saturated carbocycles. The molecule has 6 nitrogen and oxygen atoms in total. The van der Waals surface area contributed by atoms with Gasteiger partial charge in [0.25, 0.3) is 5.56 Å². The van der Waals surface area contributed by atoms with Crippen LogP contribution in [-0.2, 0) is 19.6 Å². The van der Waals surface area contributed by atoms with Crippen LogP contribution in [-0.4, -0.2) is 19.1 Å². The largest absolute Gasteiger partial charge is 0.336 e. The summed E-state index contributed by atoms with van der Waals surface area (Å²) in [6, 6.07) is 16.8. The molecule has 0 aliphatic carbocycles. The van der Waals surface area contributed by atoms with Crippen LogP contribution in [0.4, 0.5) is 0 Å². The van der Waals surface area contributed by atoms with Crippen molar-refractivity contribution in [3.8, 4) is 11.1 Å². The number of rotatable bonds is 4. The molecule has 2 aromatic carbocycles. The van der Waals surface area contributed by atoms with Crippen molar-refractivity contribution in [1.82, 2.24) is 19.1 Å². The summed E-state index contributed by atoms with van der Waals surface area (Å²) in [6.07, 6.45) is 6.75. The molecule has 0 radical (unpaired) electrons. The Hall–Kier alpha value is -3.45. The molecule has 0 spiro atoms. The minimum absolute atomic E-state index is 0.126. The van der Waals surface area contributed by atoms with E-state index in [9.17, 15) is 4.79 Å². The molecule has 5 rings (SSSR count). The van der Waals surface area contributed by atoms with Crippen LogP contribution in [0, 0.1) is 0 Å². The van der Waals surface area contributed by atoms with Crippen molar-refractivity contribution in [3.05, 3.63) is 117 Å². The van der Waals surface area contributed by atoms with Gasteiger partial charge in [0.05, 0.1) is 28.8 Å². The van der Waals surface area contributed by atoms with Crippen molar-refractivity contribution >= 4 is 34.1 Å². The molecule has 8 heteroatoms. The van der Waals surface area contributed by atoms with Crippen LogP contribution in [0.5, 0.6) is 0 Å². The van der Waals surface area contributed by atoms with Gasteiger partial charge in [-0.15, -0.1) is 0 Å². The van der Waals surface area contributed by atoms with Crippen molar-refractivity contribution in [2.75, 3.05) is 0 Å². The number of fused-ring (bicyclic) bond motifs is 1. The molecule has 170 valence electrons. The third-order valence-electron chi connectivity index (χ3n) is 6.24. The Bertz CT molecular complexity index is 1590. The Labute approximate surface area is 206 Å². The lowest BCUT2D eigenvalue weighted by molar-refractivity contribution is 0.596. The van der Waals surface area contributed by atoms with Crippen molar-refractivity contribution in [1.29, 1.82) is 0 Å². The first-order valence-electron chi connectivity index (χ1n) is 10.6. The van der Waals surface area contributed by atoms with Crippen molar-refractivity contribution in [2.45, 2.75) is 5.54 Å². The van der Waals surface area contributed by atoms with Gasteiger partial charge in [0.1, 0.15) is 5.54 Å². The van der Waals surface area contributed by atoms with Crippen LogP contribution in [0.25, 0.3) is 22.0 Å². The van der Waals surface area contributed by atoms with E-state index in [4.69, 9.17) is 28.9 Å². The number of imidazole rings is 1. The highest BCUT2D eigenvalue weighted by molar-refractivity contribution is 6.31. The van der Waals surface area contributed by atoms with E-state index in [0.29, 0.717) is 10.0 Å². The van der Waals surface area contributed by atoms with E-state index < -0.39 is 5.54 Å². The van der Waals surface area contributed by atoms with Gasteiger partial charge in [0, 0.05) is 48.5 Å². The normalized spacial score (nSPS) is 13.2. The van der Waals surface area contributed by atoms with Crippen molar-refractivity contribution in [2.24, 2.45) is 19.8 Å². The lowest BCUT2D eigenvalue weighted by atomic mass is 9.80. The fourth-order valence-corrected chi connectivity index (χ4v) is 4.72. The van der Waals surface area contributed by atoms with Gasteiger partial charge in [-0.25, -0.2) is 4.98 Å². The SMILES string of the molecule is Cn1cncc1C(N)(c1ccc(Cl)cc1)c1ccc2c(c1)c(-c1cncc(Cl)c1)cc(=O)n2C. The summed E-state index contributed by atoms with van der Waals surface area (Å²) in [5.74, 6) is 0. The minimum Gasteiger partial charge on any atom is -0.336 e. The average molecular weight is 490 g/mol. The zero-order chi connectivity index (χ0) is 24.0. The van der Waals surface area contributed by atoms with Crippen LogP contribution in [0.15, 0.2) is 84.3 Å². The molecule has 0 aliphatic rings. The molecule has 5 aromatic rings. The maximum Gasteiger partial charge on any atom is 0.251 e. The van der Waals surface area contributed by atoms with Gasteiger partial charge in [0.15, 0.2) is 0 Å². The van der Waals surface area contributed by atoms with Gasteiger partial charge >= 0.3 is 0 Å². The molecule has 0 amide bonds. The highest BCUT2D eigenvalue weighted by Crippen LogP contribution is 2.37. The number of benzene rings is 2. The lowest BCUT2D eigenvalue weighted by Gasteiger charge is -2.31. The number of nitrogens with zero attached hydrogens (tertiary/aromatic N) is 4.